The van der Waals surface area contributed by atoms with E-state index in [1.165, 1.54) is 0 Å². The summed E-state index contributed by atoms with van der Waals surface area (Å²) in [7, 11) is 0. The highest BCUT2D eigenvalue weighted by molar-refractivity contribution is 7.99. The first-order chi connectivity index (χ1) is 8.76. The third-order valence-electron chi connectivity index (χ3n) is 2.19. The Bertz CT molecular complexity index is 430. The number of diazo groups is 1. The van der Waals surface area contributed by atoms with E-state index in [9.17, 15) is 0 Å². The van der Waals surface area contributed by atoms with Crippen molar-refractivity contribution in [3.05, 3.63) is 17.1 Å². The van der Waals surface area contributed by atoms with E-state index < -0.39 is 0 Å². The van der Waals surface area contributed by atoms with Crippen molar-refractivity contribution < 1.29 is 9.47 Å². The molecule has 1 aromatic rings. The predicted molar refractivity (Wildman–Crippen MR) is 74.5 cm³/mol. The van der Waals surface area contributed by atoms with Crippen molar-refractivity contribution >= 4 is 17.4 Å². The van der Waals surface area contributed by atoms with Crippen LogP contribution in [0.1, 0.15) is 27.2 Å². The van der Waals surface area contributed by atoms with E-state index in [1.54, 1.807) is 17.8 Å². The molecule has 0 unspecified atom stereocenters. The molecular formula is C13H19N2O2S+. The van der Waals surface area contributed by atoms with Crippen molar-refractivity contribution in [3.63, 3.8) is 0 Å². The van der Waals surface area contributed by atoms with Crippen molar-refractivity contribution in [2.24, 2.45) is 0 Å². The minimum absolute atomic E-state index is 0.404. The van der Waals surface area contributed by atoms with Crippen molar-refractivity contribution in [3.8, 4) is 11.5 Å². The van der Waals surface area contributed by atoms with Gasteiger partial charge >= 0.3 is 5.69 Å². The van der Waals surface area contributed by atoms with Gasteiger partial charge in [-0.1, -0.05) is 6.92 Å². The Morgan fingerprint density at radius 3 is 2.33 bits per heavy atom. The molecule has 0 aliphatic heterocycles. The van der Waals surface area contributed by atoms with Crippen molar-refractivity contribution in [1.82, 2.24) is 0 Å². The molecule has 0 atom stereocenters. The molecule has 0 N–H and O–H groups in total. The molecule has 0 spiro atoms. The second-order valence-corrected chi connectivity index (χ2v) is 4.72. The Labute approximate surface area is 112 Å². The molecule has 0 radical (unpaired) electrons. The zero-order valence-corrected chi connectivity index (χ0v) is 11.9. The van der Waals surface area contributed by atoms with Crippen molar-refractivity contribution in [2.75, 3.05) is 19.0 Å². The maximum Gasteiger partial charge on any atom is 0.430 e. The number of ether oxygens (including phenoxy) is 2. The Morgan fingerprint density at radius 2 is 1.78 bits per heavy atom. The van der Waals surface area contributed by atoms with Gasteiger partial charge in [0.15, 0.2) is 4.98 Å². The van der Waals surface area contributed by atoms with Gasteiger partial charge in [0.05, 0.1) is 24.2 Å². The van der Waals surface area contributed by atoms with E-state index >= 15 is 0 Å². The van der Waals surface area contributed by atoms with Crippen LogP contribution in [0.3, 0.4) is 0 Å². The minimum atomic E-state index is 0.404. The molecule has 4 nitrogen and oxygen atoms in total. The van der Waals surface area contributed by atoms with Crippen LogP contribution >= 0.6 is 11.8 Å². The second-order valence-electron chi connectivity index (χ2n) is 3.58. The average molecular weight is 267 g/mol. The zero-order valence-electron chi connectivity index (χ0n) is 11.1. The van der Waals surface area contributed by atoms with Crippen LogP contribution in [0.5, 0.6) is 11.5 Å². The number of benzene rings is 1. The van der Waals surface area contributed by atoms with E-state index in [2.05, 4.69) is 11.9 Å². The van der Waals surface area contributed by atoms with E-state index in [4.69, 9.17) is 14.9 Å². The van der Waals surface area contributed by atoms with Crippen LogP contribution in [0, 0.1) is 5.39 Å². The summed E-state index contributed by atoms with van der Waals surface area (Å²) in [6.07, 6.45) is 1.09. The summed E-state index contributed by atoms with van der Waals surface area (Å²) in [6, 6.07) is 3.59. The highest BCUT2D eigenvalue weighted by atomic mass is 32.2. The number of thioether (sulfide) groups is 1. The number of hydrogen-bond donors (Lipinski definition) is 0. The lowest BCUT2D eigenvalue weighted by atomic mass is 10.3. The van der Waals surface area contributed by atoms with Crippen LogP contribution in [-0.4, -0.2) is 19.0 Å². The number of rotatable bonds is 7. The molecule has 0 aliphatic carbocycles. The first kappa shape index (κ1) is 14.7. The standard InChI is InChI=1S/C13H19N2O2S/c1-4-7-18-13-9-11(16-5-2)10(15-14)8-12(13)17-6-3/h8-9H,4-7H2,1-3H3/q+1. The van der Waals surface area contributed by atoms with Crippen molar-refractivity contribution in [1.29, 1.82) is 5.39 Å². The van der Waals surface area contributed by atoms with Crippen LogP contribution in [0.25, 0.3) is 4.98 Å². The molecule has 1 rings (SSSR count). The van der Waals surface area contributed by atoms with Gasteiger partial charge in [-0.25, -0.2) is 0 Å². The van der Waals surface area contributed by atoms with Gasteiger partial charge in [0, 0.05) is 6.07 Å². The SMILES string of the molecule is CCCSc1cc(OCC)c([N+]#N)cc1OCC. The summed E-state index contributed by atoms with van der Waals surface area (Å²) in [6.45, 7) is 7.08. The van der Waals surface area contributed by atoms with Gasteiger partial charge in [0.1, 0.15) is 5.75 Å². The number of nitrogens with zero attached hydrogens (tertiary/aromatic N) is 2. The van der Waals surface area contributed by atoms with Crippen LogP contribution in [0.15, 0.2) is 17.0 Å². The normalized spacial score (nSPS) is 9.89. The van der Waals surface area contributed by atoms with Crippen LogP contribution < -0.4 is 9.47 Å². The Balaban J connectivity index is 3.11. The largest absolute Gasteiger partial charge is 0.492 e. The molecule has 0 bridgehead atoms. The van der Waals surface area contributed by atoms with Crippen LogP contribution in [-0.2, 0) is 0 Å². The quantitative estimate of drug-likeness (QED) is 0.540. The van der Waals surface area contributed by atoms with Gasteiger partial charge in [-0.15, -0.1) is 11.8 Å². The summed E-state index contributed by atoms with van der Waals surface area (Å²) in [5.41, 5.74) is 0.404. The van der Waals surface area contributed by atoms with Crippen LogP contribution in [0.4, 0.5) is 5.69 Å². The molecule has 18 heavy (non-hydrogen) atoms. The fourth-order valence-corrected chi connectivity index (χ4v) is 2.35. The highest BCUT2D eigenvalue weighted by Gasteiger charge is 2.20. The third-order valence-corrected chi connectivity index (χ3v) is 3.44. The molecule has 0 heterocycles. The predicted octanol–water partition coefficient (Wildman–Crippen LogP) is 4.47. The minimum Gasteiger partial charge on any atom is -0.492 e. The molecule has 98 valence electrons. The molecular weight excluding hydrogens is 248 g/mol. The van der Waals surface area contributed by atoms with Crippen LogP contribution in [0.2, 0.25) is 0 Å². The Kier molecular flexibility index (Phi) is 6.37. The first-order valence-corrected chi connectivity index (χ1v) is 7.16. The summed E-state index contributed by atoms with van der Waals surface area (Å²) < 4.78 is 11.0. The zero-order chi connectivity index (χ0) is 13.4. The molecule has 5 heteroatoms. The van der Waals surface area contributed by atoms with Gasteiger partial charge in [0.2, 0.25) is 11.1 Å². The van der Waals surface area contributed by atoms with Gasteiger partial charge in [-0.3, -0.25) is 0 Å². The lowest BCUT2D eigenvalue weighted by Gasteiger charge is -2.10. The van der Waals surface area contributed by atoms with Gasteiger partial charge in [-0.05, 0) is 26.0 Å². The maximum atomic E-state index is 8.99. The topological polar surface area (TPSA) is 46.6 Å². The first-order valence-electron chi connectivity index (χ1n) is 6.18. The van der Waals surface area contributed by atoms with E-state index in [0.29, 0.717) is 24.7 Å². The molecule has 0 saturated carbocycles. The maximum absolute atomic E-state index is 8.99. The monoisotopic (exact) mass is 267 g/mol. The second kappa shape index (κ2) is 7.83. The molecule has 0 aromatic heterocycles. The van der Waals surface area contributed by atoms with Gasteiger partial charge in [-0.2, -0.15) is 0 Å². The smallest absolute Gasteiger partial charge is 0.430 e. The van der Waals surface area contributed by atoms with Gasteiger partial charge in [0.25, 0.3) is 0 Å². The Hall–Kier alpha value is -1.41. The number of hydrogen-bond acceptors (Lipinski definition) is 4. The molecule has 0 aliphatic rings. The molecule has 0 amide bonds. The summed E-state index contributed by atoms with van der Waals surface area (Å²) >= 11 is 1.72. The Morgan fingerprint density at radius 1 is 1.11 bits per heavy atom. The molecule has 0 fully saturated rings. The summed E-state index contributed by atoms with van der Waals surface area (Å²) in [5, 5.41) is 8.99. The summed E-state index contributed by atoms with van der Waals surface area (Å²) in [5.74, 6) is 2.34. The van der Waals surface area contributed by atoms with E-state index in [-0.39, 0.29) is 0 Å². The lowest BCUT2D eigenvalue weighted by Crippen LogP contribution is -1.96. The fourth-order valence-electron chi connectivity index (χ4n) is 1.47. The lowest BCUT2D eigenvalue weighted by molar-refractivity contribution is 0.325. The summed E-state index contributed by atoms with van der Waals surface area (Å²) in [4.78, 5) is 4.26. The van der Waals surface area contributed by atoms with Crippen molar-refractivity contribution in [2.45, 2.75) is 32.1 Å². The third kappa shape index (κ3) is 3.81. The van der Waals surface area contributed by atoms with Gasteiger partial charge < -0.3 is 9.47 Å². The molecule has 0 saturated heterocycles. The fraction of sp³-hybridized carbons (Fsp3) is 0.538. The van der Waals surface area contributed by atoms with E-state index in [0.717, 1.165) is 22.8 Å². The van der Waals surface area contributed by atoms with E-state index in [1.807, 2.05) is 19.9 Å². The molecule has 1 aromatic carbocycles. The average Bonchev–Trinajstić information content (AvgIpc) is 2.38. The highest BCUT2D eigenvalue weighted by Crippen LogP contribution is 2.40.